The fraction of sp³-hybridized carbons (Fsp3) is 0.444. The molecule has 3 aromatic heterocycles. The van der Waals surface area contributed by atoms with Gasteiger partial charge in [0, 0.05) is 28.6 Å². The normalized spacial score (nSPS) is 24.3. The van der Waals surface area contributed by atoms with Crippen molar-refractivity contribution in [2.24, 2.45) is 17.8 Å². The molecule has 4 aromatic rings. The van der Waals surface area contributed by atoms with Crippen LogP contribution in [0.25, 0.3) is 33.3 Å². The van der Waals surface area contributed by atoms with E-state index in [0.717, 1.165) is 34.0 Å². The number of benzene rings is 1. The molecule has 2 atom stereocenters. The number of halogens is 1. The molecule has 3 aliphatic rings. The third-order valence-corrected chi connectivity index (χ3v) is 7.73. The zero-order valence-corrected chi connectivity index (χ0v) is 19.8. The second-order valence-corrected chi connectivity index (χ2v) is 10.2. The van der Waals surface area contributed by atoms with Crippen molar-refractivity contribution >= 4 is 27.8 Å². The van der Waals surface area contributed by atoms with E-state index in [9.17, 15) is 4.39 Å². The van der Waals surface area contributed by atoms with Gasteiger partial charge in [-0.15, -0.1) is 0 Å². The van der Waals surface area contributed by atoms with Crippen LogP contribution in [0.3, 0.4) is 0 Å². The zero-order valence-electron chi connectivity index (χ0n) is 19.8. The van der Waals surface area contributed by atoms with Crippen LogP contribution in [0.5, 0.6) is 5.75 Å². The summed E-state index contributed by atoms with van der Waals surface area (Å²) in [6, 6.07) is 7.86. The fourth-order valence-electron chi connectivity index (χ4n) is 6.03. The van der Waals surface area contributed by atoms with Crippen molar-refractivity contribution in [3.05, 3.63) is 42.5 Å². The number of aromatic amines is 1. The van der Waals surface area contributed by atoms with Gasteiger partial charge in [-0.05, 0) is 75.5 Å². The van der Waals surface area contributed by atoms with Crippen molar-refractivity contribution in [1.29, 1.82) is 0 Å². The number of hydrogen-bond acceptors (Lipinski definition) is 5. The number of nitrogens with one attached hydrogen (secondary N) is 2. The van der Waals surface area contributed by atoms with Crippen molar-refractivity contribution in [2.45, 2.75) is 58.6 Å². The average molecular weight is 460 g/mol. The Morgan fingerprint density at radius 2 is 1.88 bits per heavy atom. The molecule has 2 N–H and O–H groups in total. The molecule has 0 saturated heterocycles. The third-order valence-electron chi connectivity index (χ3n) is 7.73. The number of para-hydroxylation sites is 1. The van der Waals surface area contributed by atoms with Crippen LogP contribution in [0, 0.1) is 23.6 Å². The summed E-state index contributed by atoms with van der Waals surface area (Å²) in [5, 5.41) is 5.45. The third kappa shape index (κ3) is 3.58. The van der Waals surface area contributed by atoms with Crippen LogP contribution in [0.15, 0.2) is 36.7 Å². The predicted octanol–water partition coefficient (Wildman–Crippen LogP) is 6.34. The largest absolute Gasteiger partial charge is 0.489 e. The van der Waals surface area contributed by atoms with E-state index < -0.39 is 0 Å². The predicted molar refractivity (Wildman–Crippen MR) is 132 cm³/mol. The molecule has 1 aromatic carbocycles. The topological polar surface area (TPSA) is 75.7 Å². The Bertz CT molecular complexity index is 1360. The summed E-state index contributed by atoms with van der Waals surface area (Å²) >= 11 is 0. The maximum absolute atomic E-state index is 14.0. The van der Waals surface area contributed by atoms with Gasteiger partial charge in [-0.2, -0.15) is 0 Å². The molecule has 176 valence electrons. The fourth-order valence-corrected chi connectivity index (χ4v) is 6.03. The first kappa shape index (κ1) is 21.3. The van der Waals surface area contributed by atoms with Crippen LogP contribution in [0.1, 0.15) is 46.5 Å². The molecule has 7 rings (SSSR count). The van der Waals surface area contributed by atoms with E-state index >= 15 is 0 Å². The van der Waals surface area contributed by atoms with E-state index in [4.69, 9.17) is 14.7 Å². The highest BCUT2D eigenvalue weighted by Crippen LogP contribution is 2.46. The van der Waals surface area contributed by atoms with E-state index in [1.807, 2.05) is 26.0 Å². The molecule has 3 fully saturated rings. The average Bonchev–Trinajstić information content (AvgIpc) is 3.24. The lowest BCUT2D eigenvalue weighted by Gasteiger charge is -2.47. The van der Waals surface area contributed by atoms with Crippen molar-refractivity contribution < 1.29 is 9.13 Å². The lowest BCUT2D eigenvalue weighted by molar-refractivity contribution is 0.0929. The number of rotatable bonds is 5. The van der Waals surface area contributed by atoms with Crippen LogP contribution in [0.4, 0.5) is 10.2 Å². The van der Waals surface area contributed by atoms with Gasteiger partial charge in [-0.25, -0.2) is 19.3 Å². The Kier molecular flexibility index (Phi) is 5.15. The summed E-state index contributed by atoms with van der Waals surface area (Å²) in [5.74, 6) is 3.72. The van der Waals surface area contributed by atoms with Gasteiger partial charge in [0.25, 0.3) is 0 Å². The van der Waals surface area contributed by atoms with Crippen LogP contribution in [-0.2, 0) is 0 Å². The van der Waals surface area contributed by atoms with Gasteiger partial charge in [0.1, 0.15) is 28.5 Å². The number of hydrogen-bond donors (Lipinski definition) is 2. The molecule has 3 aliphatic carbocycles. The summed E-state index contributed by atoms with van der Waals surface area (Å²) in [6.07, 6.45) is 8.25. The zero-order chi connectivity index (χ0) is 23.4. The Hall–Kier alpha value is -3.22. The first-order valence-corrected chi connectivity index (χ1v) is 12.3. The highest BCUT2D eigenvalue weighted by Gasteiger charge is 2.41. The molecule has 7 heteroatoms. The monoisotopic (exact) mass is 459 g/mol. The molecule has 0 radical (unpaired) electrons. The van der Waals surface area contributed by atoms with Crippen LogP contribution in [-0.4, -0.2) is 32.1 Å². The van der Waals surface area contributed by atoms with Gasteiger partial charge in [0.15, 0.2) is 5.82 Å². The minimum absolute atomic E-state index is 0.0147. The van der Waals surface area contributed by atoms with Gasteiger partial charge in [0.05, 0.1) is 12.3 Å². The van der Waals surface area contributed by atoms with Gasteiger partial charge in [-0.3, -0.25) is 0 Å². The van der Waals surface area contributed by atoms with E-state index in [1.54, 1.807) is 6.20 Å². The minimum atomic E-state index is -0.386. The van der Waals surface area contributed by atoms with Gasteiger partial charge >= 0.3 is 0 Å². The first-order valence-electron chi connectivity index (χ1n) is 12.3. The summed E-state index contributed by atoms with van der Waals surface area (Å²) < 4.78 is 20.2. The SMILES string of the molecule is CC(C)Oc1cccc2c(NC3C4CCC(CC4)C3C)nc(-c3c[nH]c4ncc(F)cc34)nc12. The standard InChI is InChI=1S/C27H30FN5O/c1-14(2)34-22-6-4-5-19-24(22)32-27(21-13-30-25-20(21)11-18(28)12-29-25)33-26(19)31-23-15(3)16-7-9-17(23)10-8-16/h4-6,11-17,23H,7-10H2,1-3H3,(H,29,30)(H,31,32,33). The highest BCUT2D eigenvalue weighted by atomic mass is 19.1. The molecule has 0 spiro atoms. The second-order valence-electron chi connectivity index (χ2n) is 10.2. The lowest BCUT2D eigenvalue weighted by atomic mass is 9.62. The molecule has 0 aliphatic heterocycles. The van der Waals surface area contributed by atoms with Crippen LogP contribution >= 0.6 is 0 Å². The molecule has 6 nitrogen and oxygen atoms in total. The van der Waals surface area contributed by atoms with Gasteiger partial charge in [0.2, 0.25) is 0 Å². The Balaban J connectivity index is 1.52. The number of H-pyrrole nitrogens is 1. The first-order chi connectivity index (χ1) is 16.5. The summed E-state index contributed by atoms with van der Waals surface area (Å²) in [7, 11) is 0. The van der Waals surface area contributed by atoms with E-state index in [2.05, 4.69) is 28.3 Å². The van der Waals surface area contributed by atoms with Crippen molar-refractivity contribution in [3.8, 4) is 17.1 Å². The Labute approximate surface area is 198 Å². The molecule has 3 saturated carbocycles. The molecular weight excluding hydrogens is 429 g/mol. The molecule has 2 unspecified atom stereocenters. The van der Waals surface area contributed by atoms with E-state index in [1.165, 1.54) is 37.9 Å². The number of pyridine rings is 1. The van der Waals surface area contributed by atoms with Gasteiger partial charge < -0.3 is 15.0 Å². The maximum atomic E-state index is 14.0. The Morgan fingerprint density at radius 1 is 1.09 bits per heavy atom. The van der Waals surface area contributed by atoms with Crippen molar-refractivity contribution in [1.82, 2.24) is 19.9 Å². The maximum Gasteiger partial charge on any atom is 0.164 e. The number of nitrogens with zero attached hydrogens (tertiary/aromatic N) is 3. The van der Waals surface area contributed by atoms with E-state index in [-0.39, 0.29) is 11.9 Å². The highest BCUT2D eigenvalue weighted by molar-refractivity contribution is 5.97. The smallest absolute Gasteiger partial charge is 0.164 e. The molecule has 0 amide bonds. The minimum Gasteiger partial charge on any atom is -0.489 e. The number of anilines is 1. The number of ether oxygens (including phenoxy) is 1. The Morgan fingerprint density at radius 3 is 2.65 bits per heavy atom. The van der Waals surface area contributed by atoms with E-state index in [0.29, 0.717) is 34.7 Å². The summed E-state index contributed by atoms with van der Waals surface area (Å²) in [4.78, 5) is 17.2. The summed E-state index contributed by atoms with van der Waals surface area (Å²) in [5.41, 5.74) is 2.10. The van der Waals surface area contributed by atoms with Crippen molar-refractivity contribution in [3.63, 3.8) is 0 Å². The number of aromatic nitrogens is 4. The van der Waals surface area contributed by atoms with Crippen molar-refractivity contribution in [2.75, 3.05) is 5.32 Å². The molecule has 3 heterocycles. The van der Waals surface area contributed by atoms with Crippen LogP contribution in [0.2, 0.25) is 0 Å². The lowest BCUT2D eigenvalue weighted by Crippen LogP contribution is -2.47. The quantitative estimate of drug-likeness (QED) is 0.364. The van der Waals surface area contributed by atoms with Crippen LogP contribution < -0.4 is 10.1 Å². The molecule has 34 heavy (non-hydrogen) atoms. The number of fused-ring (bicyclic) bond motifs is 5. The molecular formula is C27H30FN5O. The molecule has 2 bridgehead atoms. The second kappa shape index (κ2) is 8.22. The van der Waals surface area contributed by atoms with Gasteiger partial charge in [-0.1, -0.05) is 13.0 Å². The summed E-state index contributed by atoms with van der Waals surface area (Å²) in [6.45, 7) is 6.39.